The van der Waals surface area contributed by atoms with Gasteiger partial charge in [0.25, 0.3) is 22.7 Å². The standard InChI is InChI=1S/C15H12N6O2.C13H10N6O/c1-8-17-15-18-12(6-14(23)21(15)19-8)10-3-4-13-11(5-10)7-16-20(13)9(2)22;1-7-15-13-16-11(5-12(20)19(13)18-7)8-2-3-10-9(4-8)6-14-17-10/h3-7H,1-2H3,(H,17,18,19);2-6H,1H3,(H,14,17)(H,15,16,18). The third-order valence-corrected chi connectivity index (χ3v) is 6.78. The van der Waals surface area contributed by atoms with E-state index >= 15 is 0 Å². The Morgan fingerprint density at radius 1 is 0.721 bits per heavy atom. The van der Waals surface area contributed by atoms with Gasteiger partial charge >= 0.3 is 0 Å². The third kappa shape index (κ3) is 4.54. The number of hydrogen-bond acceptors (Lipinski definition) is 9. The first kappa shape index (κ1) is 25.7. The zero-order chi connectivity index (χ0) is 29.8. The Bertz CT molecular complexity index is 2470. The minimum absolute atomic E-state index is 0.155. The Morgan fingerprint density at radius 2 is 1.30 bits per heavy atom. The maximum atomic E-state index is 12.1. The van der Waals surface area contributed by atoms with Crippen LogP contribution < -0.4 is 11.1 Å². The quantitative estimate of drug-likeness (QED) is 0.279. The van der Waals surface area contributed by atoms with Crippen molar-refractivity contribution in [2.24, 2.45) is 0 Å². The van der Waals surface area contributed by atoms with E-state index in [1.54, 1.807) is 38.4 Å². The van der Waals surface area contributed by atoms with Gasteiger partial charge in [-0.2, -0.15) is 29.2 Å². The van der Waals surface area contributed by atoms with E-state index in [4.69, 9.17) is 0 Å². The Labute approximate surface area is 239 Å². The molecule has 212 valence electrons. The van der Waals surface area contributed by atoms with Crippen LogP contribution in [0.5, 0.6) is 0 Å². The summed E-state index contributed by atoms with van der Waals surface area (Å²) >= 11 is 0. The highest BCUT2D eigenvalue weighted by molar-refractivity contribution is 5.91. The van der Waals surface area contributed by atoms with Crippen molar-refractivity contribution in [3.05, 3.63) is 93.3 Å². The van der Waals surface area contributed by atoms with Crippen molar-refractivity contribution in [1.82, 2.24) is 59.1 Å². The molecular weight excluding hydrogens is 552 g/mol. The second-order valence-electron chi connectivity index (χ2n) is 9.87. The van der Waals surface area contributed by atoms with Crippen LogP contribution in [0.4, 0.5) is 0 Å². The van der Waals surface area contributed by atoms with Crippen LogP contribution in [0.3, 0.4) is 0 Å². The molecule has 0 aliphatic heterocycles. The van der Waals surface area contributed by atoms with Gasteiger partial charge in [-0.25, -0.2) is 14.6 Å². The molecule has 0 fully saturated rings. The Kier molecular flexibility index (Phi) is 5.79. The molecule has 0 unspecified atom stereocenters. The lowest BCUT2D eigenvalue weighted by molar-refractivity contribution is 0.0926. The third-order valence-electron chi connectivity index (χ3n) is 6.78. The van der Waals surface area contributed by atoms with E-state index in [1.807, 2.05) is 24.3 Å². The first-order valence-corrected chi connectivity index (χ1v) is 13.1. The summed E-state index contributed by atoms with van der Waals surface area (Å²) in [5.74, 6) is 1.81. The minimum Gasteiger partial charge on any atom is -0.278 e. The van der Waals surface area contributed by atoms with Crippen LogP contribution >= 0.6 is 0 Å². The Morgan fingerprint density at radius 3 is 1.91 bits per heavy atom. The van der Waals surface area contributed by atoms with Crippen molar-refractivity contribution in [1.29, 1.82) is 0 Å². The first-order valence-electron chi connectivity index (χ1n) is 13.1. The van der Waals surface area contributed by atoms with Crippen molar-refractivity contribution in [2.75, 3.05) is 0 Å². The van der Waals surface area contributed by atoms with Crippen LogP contribution in [-0.2, 0) is 0 Å². The summed E-state index contributed by atoms with van der Waals surface area (Å²) in [6.07, 6.45) is 3.35. The van der Waals surface area contributed by atoms with Crippen molar-refractivity contribution in [2.45, 2.75) is 20.8 Å². The molecule has 6 heterocycles. The number of H-pyrrole nitrogens is 3. The van der Waals surface area contributed by atoms with Crippen molar-refractivity contribution in [3.8, 4) is 22.5 Å². The van der Waals surface area contributed by atoms with Gasteiger partial charge in [0.15, 0.2) is 0 Å². The molecule has 8 aromatic rings. The molecule has 0 aliphatic carbocycles. The van der Waals surface area contributed by atoms with Gasteiger partial charge in [0, 0.05) is 41.0 Å². The molecule has 2 aromatic carbocycles. The molecule has 15 heteroatoms. The van der Waals surface area contributed by atoms with Crippen molar-refractivity contribution < 1.29 is 4.79 Å². The number of nitrogens with one attached hydrogen (secondary N) is 3. The van der Waals surface area contributed by atoms with Gasteiger partial charge in [-0.05, 0) is 38.1 Å². The number of aryl methyl sites for hydroxylation is 2. The fourth-order valence-corrected chi connectivity index (χ4v) is 4.81. The number of nitrogens with zero attached hydrogens (tertiary/aromatic N) is 9. The molecule has 15 nitrogen and oxygen atoms in total. The highest BCUT2D eigenvalue weighted by Gasteiger charge is 2.12. The molecule has 0 amide bonds. The second kappa shape index (κ2) is 9.69. The normalized spacial score (nSPS) is 11.4. The lowest BCUT2D eigenvalue weighted by Crippen LogP contribution is -2.14. The molecule has 0 radical (unpaired) electrons. The number of benzene rings is 2. The highest BCUT2D eigenvalue weighted by Crippen LogP contribution is 2.23. The van der Waals surface area contributed by atoms with Gasteiger partial charge in [0.05, 0.1) is 34.8 Å². The fraction of sp³-hybridized carbons (Fsp3) is 0.107. The zero-order valence-corrected chi connectivity index (χ0v) is 23.0. The molecule has 0 aliphatic rings. The van der Waals surface area contributed by atoms with Crippen LogP contribution in [0.15, 0.2) is 70.5 Å². The van der Waals surface area contributed by atoms with Crippen LogP contribution in [0, 0.1) is 13.8 Å². The molecule has 3 N–H and O–H groups in total. The summed E-state index contributed by atoms with van der Waals surface area (Å²) in [7, 11) is 0. The van der Waals surface area contributed by atoms with Gasteiger partial charge in [-0.1, -0.05) is 12.1 Å². The maximum absolute atomic E-state index is 12.1. The lowest BCUT2D eigenvalue weighted by atomic mass is 10.1. The smallest absolute Gasteiger partial charge is 0.274 e. The number of carbonyl (C=O) groups excluding carboxylic acids is 1. The van der Waals surface area contributed by atoms with Crippen molar-refractivity contribution >= 4 is 39.3 Å². The number of carbonyl (C=O) groups is 1. The van der Waals surface area contributed by atoms with Gasteiger partial charge in [-0.15, -0.1) is 0 Å². The molecule has 0 spiro atoms. The maximum Gasteiger partial charge on any atom is 0.274 e. The summed E-state index contributed by atoms with van der Waals surface area (Å²) in [5, 5.41) is 18.4. The number of rotatable bonds is 2. The van der Waals surface area contributed by atoms with E-state index < -0.39 is 0 Å². The molecule has 0 bridgehead atoms. The predicted octanol–water partition coefficient (Wildman–Crippen LogP) is 2.67. The van der Waals surface area contributed by atoms with Crippen LogP contribution in [0.2, 0.25) is 0 Å². The number of aromatic amines is 3. The van der Waals surface area contributed by atoms with Gasteiger partial charge in [0.2, 0.25) is 5.91 Å². The van der Waals surface area contributed by atoms with E-state index in [-0.39, 0.29) is 17.0 Å². The van der Waals surface area contributed by atoms with E-state index in [0.29, 0.717) is 34.6 Å². The summed E-state index contributed by atoms with van der Waals surface area (Å²) in [5.41, 5.74) is 4.00. The molecule has 0 saturated carbocycles. The molecule has 8 rings (SSSR count). The molecule has 0 atom stereocenters. The van der Waals surface area contributed by atoms with Crippen LogP contribution in [0.1, 0.15) is 23.4 Å². The Hall–Kier alpha value is -6.25. The van der Waals surface area contributed by atoms with Crippen molar-refractivity contribution in [3.63, 3.8) is 0 Å². The highest BCUT2D eigenvalue weighted by atomic mass is 16.2. The summed E-state index contributed by atoms with van der Waals surface area (Å²) < 4.78 is 3.96. The van der Waals surface area contributed by atoms with Crippen LogP contribution in [0.25, 0.3) is 55.9 Å². The zero-order valence-electron chi connectivity index (χ0n) is 23.0. The monoisotopic (exact) mass is 574 g/mol. The van der Waals surface area contributed by atoms with Crippen LogP contribution in [-0.4, -0.2) is 65.0 Å². The second-order valence-corrected chi connectivity index (χ2v) is 9.87. The van der Waals surface area contributed by atoms with E-state index in [9.17, 15) is 14.4 Å². The number of hydrogen-bond donors (Lipinski definition) is 3. The molecular formula is C28H22N12O3. The average molecular weight is 575 g/mol. The van der Waals surface area contributed by atoms with Gasteiger partial charge in [0.1, 0.15) is 11.6 Å². The van der Waals surface area contributed by atoms with E-state index in [0.717, 1.165) is 32.9 Å². The van der Waals surface area contributed by atoms with E-state index in [2.05, 4.69) is 45.4 Å². The Balaban J connectivity index is 0.000000141. The SMILES string of the molecule is CC(=O)n1ncc2cc(-c3cc(=O)n4[nH]c(C)nc4n3)ccc21.Cc1nc2nc(-c3ccc4[nH]ncc4c3)cc(=O)n2[nH]1. The number of fused-ring (bicyclic) bond motifs is 4. The average Bonchev–Trinajstić information content (AvgIpc) is 3.77. The van der Waals surface area contributed by atoms with Gasteiger partial charge in [-0.3, -0.25) is 29.7 Å². The molecule has 6 aromatic heterocycles. The number of aromatic nitrogens is 12. The van der Waals surface area contributed by atoms with Gasteiger partial charge < -0.3 is 0 Å². The summed E-state index contributed by atoms with van der Waals surface area (Å²) in [6, 6.07) is 14.1. The lowest BCUT2D eigenvalue weighted by Gasteiger charge is -2.02. The minimum atomic E-state index is -0.231. The largest absolute Gasteiger partial charge is 0.278 e. The summed E-state index contributed by atoms with van der Waals surface area (Å²) in [6.45, 7) is 5.00. The van der Waals surface area contributed by atoms with E-state index in [1.165, 1.54) is 32.8 Å². The molecule has 0 saturated heterocycles. The topological polar surface area (TPSA) is 190 Å². The summed E-state index contributed by atoms with van der Waals surface area (Å²) in [4.78, 5) is 52.9. The molecule has 43 heavy (non-hydrogen) atoms. The first-order chi connectivity index (χ1) is 20.7. The fourth-order valence-electron chi connectivity index (χ4n) is 4.81. The predicted molar refractivity (Wildman–Crippen MR) is 157 cm³/mol.